The smallest absolute Gasteiger partial charge is 0.108 e. The first-order valence-electron chi connectivity index (χ1n) is 6.51. The molecule has 0 aliphatic heterocycles. The highest BCUT2D eigenvalue weighted by Gasteiger charge is 2.03. The van der Waals surface area contributed by atoms with Gasteiger partial charge in [0.15, 0.2) is 0 Å². The van der Waals surface area contributed by atoms with Crippen LogP contribution in [-0.4, -0.2) is 22.1 Å². The lowest BCUT2D eigenvalue weighted by Gasteiger charge is -2.12. The van der Waals surface area contributed by atoms with Crippen LogP contribution < -0.4 is 5.32 Å². The molecular weight excluding hydrogens is 198 g/mol. The molecule has 1 heterocycles. The summed E-state index contributed by atoms with van der Waals surface area (Å²) in [4.78, 5) is 4.39. The van der Waals surface area contributed by atoms with Crippen LogP contribution in [0.2, 0.25) is 0 Å². The first kappa shape index (κ1) is 13.2. The standard InChI is InChI=1S/C13H25N3/c1-4-7-13-15-9-11-16(13)10-6-8-12(3)14-5-2/h9,11-12,14H,4-8,10H2,1-3H3. The Hall–Kier alpha value is -0.830. The summed E-state index contributed by atoms with van der Waals surface area (Å²) in [7, 11) is 0. The van der Waals surface area contributed by atoms with Crippen molar-refractivity contribution in [1.82, 2.24) is 14.9 Å². The van der Waals surface area contributed by atoms with Gasteiger partial charge in [0.1, 0.15) is 5.82 Å². The lowest BCUT2D eigenvalue weighted by Crippen LogP contribution is -2.25. The maximum absolute atomic E-state index is 4.39. The fourth-order valence-electron chi connectivity index (χ4n) is 2.01. The van der Waals surface area contributed by atoms with Crippen LogP contribution in [-0.2, 0) is 13.0 Å². The highest BCUT2D eigenvalue weighted by molar-refractivity contribution is 4.92. The number of aromatic nitrogens is 2. The van der Waals surface area contributed by atoms with E-state index >= 15 is 0 Å². The van der Waals surface area contributed by atoms with Crippen LogP contribution in [0.4, 0.5) is 0 Å². The van der Waals surface area contributed by atoms with Crippen molar-refractivity contribution in [1.29, 1.82) is 0 Å². The summed E-state index contributed by atoms with van der Waals surface area (Å²) in [5.74, 6) is 1.23. The number of rotatable bonds is 8. The SMILES string of the molecule is CCCc1nccn1CCCC(C)NCC. The van der Waals surface area contributed by atoms with Crippen LogP contribution in [0, 0.1) is 0 Å². The largest absolute Gasteiger partial charge is 0.335 e. The summed E-state index contributed by atoms with van der Waals surface area (Å²) >= 11 is 0. The highest BCUT2D eigenvalue weighted by Crippen LogP contribution is 2.05. The summed E-state index contributed by atoms with van der Waals surface area (Å²) in [5.41, 5.74) is 0. The van der Waals surface area contributed by atoms with Gasteiger partial charge in [0.25, 0.3) is 0 Å². The van der Waals surface area contributed by atoms with Gasteiger partial charge >= 0.3 is 0 Å². The van der Waals surface area contributed by atoms with Gasteiger partial charge in [0.2, 0.25) is 0 Å². The minimum absolute atomic E-state index is 0.628. The third kappa shape index (κ3) is 4.35. The minimum atomic E-state index is 0.628. The molecule has 1 aromatic heterocycles. The van der Waals surface area contributed by atoms with Gasteiger partial charge in [-0.1, -0.05) is 13.8 Å². The second-order valence-corrected chi connectivity index (χ2v) is 4.39. The van der Waals surface area contributed by atoms with E-state index in [-0.39, 0.29) is 0 Å². The van der Waals surface area contributed by atoms with Crippen molar-refractivity contribution in [2.24, 2.45) is 0 Å². The van der Waals surface area contributed by atoms with Crippen molar-refractivity contribution in [2.45, 2.75) is 59.0 Å². The molecule has 1 N–H and O–H groups in total. The number of imidazole rings is 1. The fourth-order valence-corrected chi connectivity index (χ4v) is 2.01. The third-order valence-corrected chi connectivity index (χ3v) is 2.86. The van der Waals surface area contributed by atoms with Crippen molar-refractivity contribution >= 4 is 0 Å². The molecule has 0 spiro atoms. The predicted octanol–water partition coefficient (Wildman–Crippen LogP) is 2.61. The Morgan fingerprint density at radius 2 is 2.25 bits per heavy atom. The molecule has 1 rings (SSSR count). The number of hydrogen-bond acceptors (Lipinski definition) is 2. The van der Waals surface area contributed by atoms with Crippen LogP contribution in [0.5, 0.6) is 0 Å². The second kappa shape index (κ2) is 7.44. The normalized spacial score (nSPS) is 12.9. The maximum Gasteiger partial charge on any atom is 0.108 e. The van der Waals surface area contributed by atoms with E-state index in [1.54, 1.807) is 0 Å². The average molecular weight is 223 g/mol. The lowest BCUT2D eigenvalue weighted by atomic mass is 10.2. The van der Waals surface area contributed by atoms with Gasteiger partial charge in [-0.05, 0) is 32.7 Å². The quantitative estimate of drug-likeness (QED) is 0.734. The summed E-state index contributed by atoms with van der Waals surface area (Å²) in [5, 5.41) is 3.44. The van der Waals surface area contributed by atoms with E-state index in [2.05, 4.69) is 41.8 Å². The summed E-state index contributed by atoms with van der Waals surface area (Å²) in [6.07, 6.45) is 8.74. The van der Waals surface area contributed by atoms with Crippen LogP contribution >= 0.6 is 0 Å². The molecule has 0 bridgehead atoms. The van der Waals surface area contributed by atoms with Crippen molar-refractivity contribution in [3.05, 3.63) is 18.2 Å². The molecule has 3 nitrogen and oxygen atoms in total. The van der Waals surface area contributed by atoms with Gasteiger partial charge in [0, 0.05) is 31.4 Å². The number of aryl methyl sites for hydroxylation is 2. The zero-order chi connectivity index (χ0) is 11.8. The lowest BCUT2D eigenvalue weighted by molar-refractivity contribution is 0.481. The zero-order valence-corrected chi connectivity index (χ0v) is 10.9. The fraction of sp³-hybridized carbons (Fsp3) is 0.769. The Bertz CT molecular complexity index is 280. The van der Waals surface area contributed by atoms with E-state index in [4.69, 9.17) is 0 Å². The van der Waals surface area contributed by atoms with Gasteiger partial charge in [-0.3, -0.25) is 0 Å². The Labute approximate surface area is 99.3 Å². The molecule has 0 aliphatic carbocycles. The van der Waals surface area contributed by atoms with E-state index in [9.17, 15) is 0 Å². The van der Waals surface area contributed by atoms with Gasteiger partial charge in [-0.15, -0.1) is 0 Å². The molecule has 0 aliphatic rings. The average Bonchev–Trinajstić information content (AvgIpc) is 2.67. The molecule has 92 valence electrons. The monoisotopic (exact) mass is 223 g/mol. The molecule has 0 fully saturated rings. The zero-order valence-electron chi connectivity index (χ0n) is 10.9. The Morgan fingerprint density at radius 3 is 2.94 bits per heavy atom. The topological polar surface area (TPSA) is 29.9 Å². The molecule has 0 radical (unpaired) electrons. The van der Waals surface area contributed by atoms with Gasteiger partial charge < -0.3 is 9.88 Å². The van der Waals surface area contributed by atoms with Crippen molar-refractivity contribution < 1.29 is 0 Å². The molecule has 1 unspecified atom stereocenters. The van der Waals surface area contributed by atoms with E-state index in [0.717, 1.165) is 19.5 Å². The molecule has 3 heteroatoms. The van der Waals surface area contributed by atoms with E-state index in [1.165, 1.54) is 25.1 Å². The Balaban J connectivity index is 2.28. The van der Waals surface area contributed by atoms with Crippen molar-refractivity contribution in [2.75, 3.05) is 6.54 Å². The maximum atomic E-state index is 4.39. The summed E-state index contributed by atoms with van der Waals surface area (Å²) in [6.45, 7) is 8.78. The van der Waals surface area contributed by atoms with Crippen LogP contribution in [0.1, 0.15) is 45.9 Å². The summed E-state index contributed by atoms with van der Waals surface area (Å²) in [6, 6.07) is 0.628. The van der Waals surface area contributed by atoms with E-state index in [0.29, 0.717) is 6.04 Å². The highest BCUT2D eigenvalue weighted by atomic mass is 15.1. The Morgan fingerprint density at radius 1 is 1.44 bits per heavy atom. The van der Waals surface area contributed by atoms with Crippen molar-refractivity contribution in [3.8, 4) is 0 Å². The second-order valence-electron chi connectivity index (χ2n) is 4.39. The van der Waals surface area contributed by atoms with E-state index < -0.39 is 0 Å². The molecule has 0 amide bonds. The molecule has 1 atom stereocenters. The predicted molar refractivity (Wildman–Crippen MR) is 68.6 cm³/mol. The molecule has 1 aromatic rings. The molecular formula is C13H25N3. The third-order valence-electron chi connectivity index (χ3n) is 2.86. The number of hydrogen-bond donors (Lipinski definition) is 1. The number of nitrogens with one attached hydrogen (secondary N) is 1. The molecule has 0 aromatic carbocycles. The number of nitrogens with zero attached hydrogens (tertiary/aromatic N) is 2. The van der Waals surface area contributed by atoms with Crippen LogP contribution in [0.25, 0.3) is 0 Å². The van der Waals surface area contributed by atoms with Gasteiger partial charge in [-0.25, -0.2) is 4.98 Å². The van der Waals surface area contributed by atoms with Crippen molar-refractivity contribution in [3.63, 3.8) is 0 Å². The minimum Gasteiger partial charge on any atom is -0.335 e. The van der Waals surface area contributed by atoms with Crippen LogP contribution in [0.3, 0.4) is 0 Å². The van der Waals surface area contributed by atoms with Crippen LogP contribution in [0.15, 0.2) is 12.4 Å². The summed E-state index contributed by atoms with van der Waals surface area (Å²) < 4.78 is 2.29. The first-order chi connectivity index (χ1) is 7.77. The molecule has 16 heavy (non-hydrogen) atoms. The molecule has 0 saturated carbocycles. The Kier molecular flexibility index (Phi) is 6.16. The van der Waals surface area contributed by atoms with Gasteiger partial charge in [-0.2, -0.15) is 0 Å². The molecule has 0 saturated heterocycles. The first-order valence-corrected chi connectivity index (χ1v) is 6.51. The van der Waals surface area contributed by atoms with E-state index in [1.807, 2.05) is 6.20 Å². The van der Waals surface area contributed by atoms with Gasteiger partial charge in [0.05, 0.1) is 0 Å².